The molecule has 3 aromatic rings. The van der Waals surface area contributed by atoms with Crippen molar-refractivity contribution in [1.82, 2.24) is 9.55 Å². The van der Waals surface area contributed by atoms with Gasteiger partial charge in [0.2, 0.25) is 0 Å². The average molecular weight is 348 g/mol. The van der Waals surface area contributed by atoms with Crippen LogP contribution in [0.1, 0.15) is 12.5 Å². The largest absolute Gasteiger partial charge is 0.416 e. The fourth-order valence-electron chi connectivity index (χ4n) is 2.45. The number of alkyl halides is 3. The van der Waals surface area contributed by atoms with E-state index in [9.17, 15) is 13.2 Å². The number of nitrogens with zero attached hydrogens (tertiary/aromatic N) is 2. The highest BCUT2D eigenvalue weighted by atomic mass is 32.2. The van der Waals surface area contributed by atoms with Gasteiger partial charge < -0.3 is 0 Å². The Hall–Kier alpha value is -2.21. The van der Waals surface area contributed by atoms with Gasteiger partial charge in [0.05, 0.1) is 17.5 Å². The lowest BCUT2D eigenvalue weighted by Gasteiger charge is -2.14. The van der Waals surface area contributed by atoms with E-state index in [1.807, 2.05) is 37.3 Å². The Bertz CT molecular complexity index is 826. The minimum Gasteiger partial charge on any atom is -0.287 e. The van der Waals surface area contributed by atoms with Gasteiger partial charge >= 0.3 is 6.18 Å². The van der Waals surface area contributed by atoms with Gasteiger partial charge in [-0.1, -0.05) is 55.1 Å². The van der Waals surface area contributed by atoms with Crippen LogP contribution in [0.3, 0.4) is 0 Å². The molecule has 24 heavy (non-hydrogen) atoms. The van der Waals surface area contributed by atoms with E-state index in [-0.39, 0.29) is 0 Å². The van der Waals surface area contributed by atoms with Crippen LogP contribution in [-0.2, 0) is 6.18 Å². The average Bonchev–Trinajstić information content (AvgIpc) is 2.99. The molecule has 0 spiro atoms. The van der Waals surface area contributed by atoms with Crippen molar-refractivity contribution < 1.29 is 13.2 Å². The topological polar surface area (TPSA) is 17.8 Å². The van der Waals surface area contributed by atoms with Crippen molar-refractivity contribution in [1.29, 1.82) is 0 Å². The first-order valence-corrected chi connectivity index (χ1v) is 8.43. The Labute approximate surface area is 142 Å². The highest BCUT2D eigenvalue weighted by Gasteiger charge is 2.30. The summed E-state index contributed by atoms with van der Waals surface area (Å²) in [6.07, 6.45) is -2.67. The van der Waals surface area contributed by atoms with E-state index in [1.54, 1.807) is 16.8 Å². The molecule has 124 valence electrons. The van der Waals surface area contributed by atoms with Gasteiger partial charge in [-0.05, 0) is 24.0 Å². The molecule has 0 atom stereocenters. The zero-order chi connectivity index (χ0) is 17.2. The van der Waals surface area contributed by atoms with Crippen molar-refractivity contribution >= 4 is 11.8 Å². The molecule has 0 aliphatic rings. The number of aromatic nitrogens is 2. The number of thioether (sulfide) groups is 1. The summed E-state index contributed by atoms with van der Waals surface area (Å²) in [7, 11) is 0. The predicted octanol–water partition coefficient (Wildman–Crippen LogP) is 5.67. The van der Waals surface area contributed by atoms with Crippen LogP contribution in [0.25, 0.3) is 16.9 Å². The molecule has 0 amide bonds. The summed E-state index contributed by atoms with van der Waals surface area (Å²) in [5, 5.41) is 0.677. The molecule has 0 aliphatic heterocycles. The number of hydrogen-bond acceptors (Lipinski definition) is 2. The Morgan fingerprint density at radius 1 is 1.04 bits per heavy atom. The van der Waals surface area contributed by atoms with Gasteiger partial charge in [0.1, 0.15) is 0 Å². The molecular formula is C18H15F3N2S. The molecule has 0 saturated carbocycles. The van der Waals surface area contributed by atoms with Crippen LogP contribution >= 0.6 is 11.8 Å². The van der Waals surface area contributed by atoms with Crippen molar-refractivity contribution in [3.63, 3.8) is 0 Å². The second-order valence-corrected chi connectivity index (χ2v) is 6.34. The van der Waals surface area contributed by atoms with E-state index in [4.69, 9.17) is 0 Å². The number of imidazole rings is 1. The fraction of sp³-hybridized carbons (Fsp3) is 0.167. The van der Waals surface area contributed by atoms with Gasteiger partial charge in [0.25, 0.3) is 0 Å². The smallest absolute Gasteiger partial charge is 0.287 e. The maximum atomic E-state index is 13.1. The summed E-state index contributed by atoms with van der Waals surface area (Å²) in [5.74, 6) is 0.782. The molecule has 0 aliphatic carbocycles. The van der Waals surface area contributed by atoms with Crippen LogP contribution in [0.15, 0.2) is 66.0 Å². The van der Waals surface area contributed by atoms with Crippen molar-refractivity contribution in [2.24, 2.45) is 0 Å². The number of benzene rings is 2. The van der Waals surface area contributed by atoms with E-state index in [0.29, 0.717) is 10.8 Å². The highest BCUT2D eigenvalue weighted by molar-refractivity contribution is 7.99. The minimum atomic E-state index is -4.37. The molecule has 0 unspecified atom stereocenters. The van der Waals surface area contributed by atoms with Crippen LogP contribution in [0.2, 0.25) is 0 Å². The van der Waals surface area contributed by atoms with Gasteiger partial charge in [-0.3, -0.25) is 4.57 Å². The molecule has 0 radical (unpaired) electrons. The molecule has 2 aromatic carbocycles. The molecule has 1 aromatic heterocycles. The first kappa shape index (κ1) is 16.6. The number of hydrogen-bond donors (Lipinski definition) is 0. The second-order valence-electron chi connectivity index (χ2n) is 5.11. The third-order valence-corrected chi connectivity index (χ3v) is 4.34. The van der Waals surface area contributed by atoms with E-state index >= 15 is 0 Å². The first-order valence-electron chi connectivity index (χ1n) is 7.44. The van der Waals surface area contributed by atoms with Gasteiger partial charge in [0.15, 0.2) is 5.16 Å². The lowest BCUT2D eigenvalue weighted by atomic mass is 10.1. The van der Waals surface area contributed by atoms with E-state index < -0.39 is 11.7 Å². The molecule has 1 heterocycles. The van der Waals surface area contributed by atoms with Gasteiger partial charge in [-0.15, -0.1) is 0 Å². The molecule has 0 bridgehead atoms. The van der Waals surface area contributed by atoms with Gasteiger partial charge in [-0.25, -0.2) is 4.98 Å². The molecule has 0 saturated heterocycles. The summed E-state index contributed by atoms with van der Waals surface area (Å²) in [6.45, 7) is 1.98. The maximum Gasteiger partial charge on any atom is 0.416 e. The highest BCUT2D eigenvalue weighted by Crippen LogP contribution is 2.34. The van der Waals surface area contributed by atoms with E-state index in [1.165, 1.54) is 17.8 Å². The fourth-order valence-corrected chi connectivity index (χ4v) is 3.17. The number of halogens is 3. The molecule has 0 N–H and O–H groups in total. The first-order chi connectivity index (χ1) is 11.5. The van der Waals surface area contributed by atoms with Crippen LogP contribution in [0.4, 0.5) is 13.2 Å². The standard InChI is InChI=1S/C18H15F3N2S/c1-2-24-17-22-12-16(13-7-4-3-5-8-13)23(17)15-10-6-9-14(11-15)18(19,20)21/h3-12H,2H2,1H3. The summed E-state index contributed by atoms with van der Waals surface area (Å²) < 4.78 is 40.9. The lowest BCUT2D eigenvalue weighted by Crippen LogP contribution is -2.07. The van der Waals surface area contributed by atoms with Crippen LogP contribution in [-0.4, -0.2) is 15.3 Å². The second kappa shape index (κ2) is 6.73. The van der Waals surface area contributed by atoms with E-state index in [0.717, 1.165) is 29.1 Å². The van der Waals surface area contributed by atoms with Crippen molar-refractivity contribution in [3.8, 4) is 16.9 Å². The monoisotopic (exact) mass is 348 g/mol. The van der Waals surface area contributed by atoms with Crippen LogP contribution < -0.4 is 0 Å². The maximum absolute atomic E-state index is 13.1. The Morgan fingerprint density at radius 2 is 1.79 bits per heavy atom. The van der Waals surface area contributed by atoms with Crippen LogP contribution in [0.5, 0.6) is 0 Å². The van der Waals surface area contributed by atoms with Crippen molar-refractivity contribution in [3.05, 3.63) is 66.4 Å². The van der Waals surface area contributed by atoms with Crippen molar-refractivity contribution in [2.45, 2.75) is 18.3 Å². The molecule has 0 fully saturated rings. The Kier molecular flexibility index (Phi) is 4.66. The lowest BCUT2D eigenvalue weighted by molar-refractivity contribution is -0.137. The normalized spacial score (nSPS) is 11.7. The third kappa shape index (κ3) is 3.33. The Balaban J connectivity index is 2.17. The summed E-state index contributed by atoms with van der Waals surface area (Å²) in [5.41, 5.74) is 1.47. The molecule has 3 rings (SSSR count). The van der Waals surface area contributed by atoms with Crippen molar-refractivity contribution in [2.75, 3.05) is 5.75 Å². The Morgan fingerprint density at radius 3 is 2.46 bits per heavy atom. The van der Waals surface area contributed by atoms with E-state index in [2.05, 4.69) is 4.98 Å². The van der Waals surface area contributed by atoms with Gasteiger partial charge in [-0.2, -0.15) is 13.2 Å². The SMILES string of the molecule is CCSc1ncc(-c2ccccc2)n1-c1cccc(C(F)(F)F)c1. The summed E-state index contributed by atoms with van der Waals surface area (Å²) in [4.78, 5) is 4.40. The van der Waals surface area contributed by atoms with Crippen LogP contribution in [0, 0.1) is 0 Å². The zero-order valence-corrected chi connectivity index (χ0v) is 13.7. The molecule has 6 heteroatoms. The summed E-state index contributed by atoms with van der Waals surface area (Å²) >= 11 is 1.50. The third-order valence-electron chi connectivity index (χ3n) is 3.50. The predicted molar refractivity (Wildman–Crippen MR) is 90.4 cm³/mol. The quantitative estimate of drug-likeness (QED) is 0.565. The zero-order valence-electron chi connectivity index (χ0n) is 12.9. The molecular weight excluding hydrogens is 333 g/mol. The van der Waals surface area contributed by atoms with Gasteiger partial charge in [0, 0.05) is 11.3 Å². The molecule has 2 nitrogen and oxygen atoms in total. The summed E-state index contributed by atoms with van der Waals surface area (Å²) in [6, 6.07) is 14.9. The minimum absolute atomic E-state index is 0.456. The number of rotatable bonds is 4.